The van der Waals surface area contributed by atoms with Crippen molar-refractivity contribution >= 4 is 0 Å². The minimum absolute atomic E-state index is 0.316. The summed E-state index contributed by atoms with van der Waals surface area (Å²) in [5.74, 6) is 0.594. The molecule has 0 heterocycles. The minimum atomic E-state index is 0.316. The summed E-state index contributed by atoms with van der Waals surface area (Å²) in [5.41, 5.74) is 0.471. The summed E-state index contributed by atoms with van der Waals surface area (Å²) in [7, 11) is 0. The van der Waals surface area contributed by atoms with Crippen LogP contribution in [0.4, 0.5) is 0 Å². The zero-order valence-corrected chi connectivity index (χ0v) is 9.84. The predicted octanol–water partition coefficient (Wildman–Crippen LogP) is 2.17. The van der Waals surface area contributed by atoms with Gasteiger partial charge in [0.1, 0.15) is 0 Å². The first kappa shape index (κ1) is 12.0. The quantitative estimate of drug-likeness (QED) is 0.711. The van der Waals surface area contributed by atoms with Crippen molar-refractivity contribution in [1.29, 1.82) is 0 Å². The zero-order chi connectivity index (χ0) is 10.6. The number of aliphatic hydroxyl groups excluding tert-OH is 1. The van der Waals surface area contributed by atoms with Gasteiger partial charge in [0.15, 0.2) is 0 Å². The molecule has 2 nitrogen and oxygen atoms in total. The Morgan fingerprint density at radius 2 is 2.21 bits per heavy atom. The summed E-state index contributed by atoms with van der Waals surface area (Å²) in [6.07, 6.45) is 4.94. The highest BCUT2D eigenvalue weighted by atomic mass is 16.3. The molecule has 0 aliphatic heterocycles. The van der Waals surface area contributed by atoms with Gasteiger partial charge in [0, 0.05) is 12.6 Å². The SMILES string of the molecule is CC(CCO)CNC1CCCC1(C)C. The average molecular weight is 199 g/mol. The summed E-state index contributed by atoms with van der Waals surface area (Å²) in [5, 5.41) is 12.4. The Balaban J connectivity index is 2.24. The van der Waals surface area contributed by atoms with Gasteiger partial charge in [0.25, 0.3) is 0 Å². The fraction of sp³-hybridized carbons (Fsp3) is 1.00. The molecule has 1 fully saturated rings. The molecule has 2 N–H and O–H groups in total. The molecule has 2 unspecified atom stereocenters. The molecule has 0 aromatic carbocycles. The molecule has 1 aliphatic rings. The number of nitrogens with one attached hydrogen (secondary N) is 1. The molecule has 0 spiro atoms. The smallest absolute Gasteiger partial charge is 0.0434 e. The third kappa shape index (κ3) is 3.25. The number of hydrogen-bond donors (Lipinski definition) is 2. The van der Waals surface area contributed by atoms with Gasteiger partial charge in [-0.1, -0.05) is 27.2 Å². The Morgan fingerprint density at radius 1 is 1.50 bits per heavy atom. The number of hydrogen-bond acceptors (Lipinski definition) is 2. The van der Waals surface area contributed by atoms with Crippen LogP contribution in [0.25, 0.3) is 0 Å². The summed E-state index contributed by atoms with van der Waals surface area (Å²) < 4.78 is 0. The van der Waals surface area contributed by atoms with E-state index in [0.717, 1.165) is 13.0 Å². The van der Waals surface area contributed by atoms with Crippen LogP contribution in [0.15, 0.2) is 0 Å². The summed E-state index contributed by atoms with van der Waals surface area (Å²) in [6, 6.07) is 0.684. The molecule has 0 saturated heterocycles. The first-order valence-corrected chi connectivity index (χ1v) is 5.90. The van der Waals surface area contributed by atoms with E-state index in [-0.39, 0.29) is 0 Å². The van der Waals surface area contributed by atoms with E-state index < -0.39 is 0 Å². The Hall–Kier alpha value is -0.0800. The summed E-state index contributed by atoms with van der Waals surface area (Å²) >= 11 is 0. The van der Waals surface area contributed by atoms with Crippen molar-refractivity contribution in [2.45, 2.75) is 52.5 Å². The van der Waals surface area contributed by atoms with Crippen LogP contribution < -0.4 is 5.32 Å². The van der Waals surface area contributed by atoms with E-state index in [1.165, 1.54) is 19.3 Å². The molecular formula is C12H25NO. The Kier molecular flexibility index (Phi) is 4.39. The number of rotatable bonds is 5. The van der Waals surface area contributed by atoms with Gasteiger partial charge in [0.05, 0.1) is 0 Å². The second kappa shape index (κ2) is 5.13. The van der Waals surface area contributed by atoms with E-state index in [4.69, 9.17) is 5.11 Å². The highest BCUT2D eigenvalue weighted by Crippen LogP contribution is 2.37. The molecule has 0 bridgehead atoms. The molecule has 0 aromatic heterocycles. The maximum Gasteiger partial charge on any atom is 0.0434 e. The summed E-state index contributed by atoms with van der Waals surface area (Å²) in [6.45, 7) is 8.28. The molecule has 0 aromatic rings. The first-order valence-electron chi connectivity index (χ1n) is 5.90. The fourth-order valence-electron chi connectivity index (χ4n) is 2.37. The van der Waals surface area contributed by atoms with Gasteiger partial charge in [-0.05, 0) is 37.1 Å². The van der Waals surface area contributed by atoms with Crippen LogP contribution in [-0.4, -0.2) is 24.3 Å². The van der Waals surface area contributed by atoms with Gasteiger partial charge in [0.2, 0.25) is 0 Å². The van der Waals surface area contributed by atoms with Crippen molar-refractivity contribution in [2.75, 3.05) is 13.2 Å². The molecule has 14 heavy (non-hydrogen) atoms. The van der Waals surface area contributed by atoms with Crippen molar-refractivity contribution in [3.8, 4) is 0 Å². The normalized spacial score (nSPS) is 27.9. The van der Waals surface area contributed by atoms with Crippen LogP contribution in [0.2, 0.25) is 0 Å². The largest absolute Gasteiger partial charge is 0.396 e. The van der Waals surface area contributed by atoms with Crippen molar-refractivity contribution < 1.29 is 5.11 Å². The molecule has 2 heteroatoms. The Labute approximate surface area is 88.1 Å². The van der Waals surface area contributed by atoms with Gasteiger partial charge in [-0.15, -0.1) is 0 Å². The van der Waals surface area contributed by atoms with Crippen molar-refractivity contribution in [3.05, 3.63) is 0 Å². The van der Waals surface area contributed by atoms with E-state index >= 15 is 0 Å². The highest BCUT2D eigenvalue weighted by Gasteiger charge is 2.33. The first-order chi connectivity index (χ1) is 6.56. The molecule has 0 amide bonds. The van der Waals surface area contributed by atoms with Gasteiger partial charge in [-0.25, -0.2) is 0 Å². The lowest BCUT2D eigenvalue weighted by Crippen LogP contribution is -2.39. The van der Waals surface area contributed by atoms with Gasteiger partial charge < -0.3 is 10.4 Å². The molecule has 2 atom stereocenters. The van der Waals surface area contributed by atoms with E-state index in [1.807, 2.05) is 0 Å². The number of aliphatic hydroxyl groups is 1. The van der Waals surface area contributed by atoms with Crippen LogP contribution in [0.5, 0.6) is 0 Å². The van der Waals surface area contributed by atoms with Crippen molar-refractivity contribution in [3.63, 3.8) is 0 Å². The van der Waals surface area contributed by atoms with Crippen molar-refractivity contribution in [2.24, 2.45) is 11.3 Å². The lowest BCUT2D eigenvalue weighted by Gasteiger charge is -2.29. The predicted molar refractivity (Wildman–Crippen MR) is 60.3 cm³/mol. The maximum absolute atomic E-state index is 8.80. The third-order valence-electron chi connectivity index (χ3n) is 3.59. The Morgan fingerprint density at radius 3 is 2.71 bits per heavy atom. The van der Waals surface area contributed by atoms with E-state index in [2.05, 4.69) is 26.1 Å². The molecule has 0 radical (unpaired) electrons. The van der Waals surface area contributed by atoms with Gasteiger partial charge in [-0.2, -0.15) is 0 Å². The lowest BCUT2D eigenvalue weighted by molar-refractivity contribution is 0.240. The third-order valence-corrected chi connectivity index (χ3v) is 3.59. The zero-order valence-electron chi connectivity index (χ0n) is 9.84. The van der Waals surface area contributed by atoms with Crippen LogP contribution >= 0.6 is 0 Å². The Bertz CT molecular complexity index is 168. The maximum atomic E-state index is 8.80. The lowest BCUT2D eigenvalue weighted by atomic mass is 9.87. The topological polar surface area (TPSA) is 32.3 Å². The van der Waals surface area contributed by atoms with Gasteiger partial charge >= 0.3 is 0 Å². The van der Waals surface area contributed by atoms with Gasteiger partial charge in [-0.3, -0.25) is 0 Å². The van der Waals surface area contributed by atoms with Crippen LogP contribution in [-0.2, 0) is 0 Å². The van der Waals surface area contributed by atoms with E-state index in [0.29, 0.717) is 24.0 Å². The van der Waals surface area contributed by atoms with Crippen molar-refractivity contribution in [1.82, 2.24) is 5.32 Å². The van der Waals surface area contributed by atoms with Crippen LogP contribution in [0, 0.1) is 11.3 Å². The fourth-order valence-corrected chi connectivity index (χ4v) is 2.37. The molecule has 1 aliphatic carbocycles. The molecule has 84 valence electrons. The second-order valence-corrected chi connectivity index (χ2v) is 5.46. The summed E-state index contributed by atoms with van der Waals surface area (Å²) in [4.78, 5) is 0. The average Bonchev–Trinajstić information content (AvgIpc) is 2.42. The standard InChI is InChI=1S/C12H25NO/c1-10(6-8-14)9-13-11-5-4-7-12(11,2)3/h10-11,13-14H,4-9H2,1-3H3. The molecule has 1 rings (SSSR count). The highest BCUT2D eigenvalue weighted by molar-refractivity contribution is 4.90. The van der Waals surface area contributed by atoms with E-state index in [1.54, 1.807) is 0 Å². The monoisotopic (exact) mass is 199 g/mol. The van der Waals surface area contributed by atoms with Crippen LogP contribution in [0.1, 0.15) is 46.5 Å². The van der Waals surface area contributed by atoms with E-state index in [9.17, 15) is 0 Å². The second-order valence-electron chi connectivity index (χ2n) is 5.46. The minimum Gasteiger partial charge on any atom is -0.396 e. The van der Waals surface area contributed by atoms with Crippen LogP contribution in [0.3, 0.4) is 0 Å². The molecule has 1 saturated carbocycles. The molecular weight excluding hydrogens is 174 g/mol.